The van der Waals surface area contributed by atoms with E-state index in [0.717, 1.165) is 6.54 Å². The van der Waals surface area contributed by atoms with Crippen molar-refractivity contribution in [2.24, 2.45) is 0 Å². The summed E-state index contributed by atoms with van der Waals surface area (Å²) in [6.07, 6.45) is 1.98. The molecule has 2 heterocycles. The lowest BCUT2D eigenvalue weighted by Crippen LogP contribution is -2.30. The molecule has 9 nitrogen and oxygen atoms in total. The lowest BCUT2D eigenvalue weighted by atomic mass is 10.2. The lowest BCUT2D eigenvalue weighted by Gasteiger charge is -2.21. The molecule has 4 aromatic rings. The molecule has 2 aromatic carbocycles. The van der Waals surface area contributed by atoms with E-state index in [9.17, 15) is 10.1 Å². The molecule has 0 aliphatic heterocycles. The van der Waals surface area contributed by atoms with Crippen LogP contribution in [0.1, 0.15) is 36.3 Å². The third-order valence-electron chi connectivity index (χ3n) is 5.60. The van der Waals surface area contributed by atoms with Gasteiger partial charge in [-0.2, -0.15) is 5.26 Å². The summed E-state index contributed by atoms with van der Waals surface area (Å²) in [4.78, 5) is 26.3. The Hall–Kier alpha value is -4.00. The number of nitrogens with zero attached hydrogens (tertiary/aromatic N) is 5. The highest BCUT2D eigenvalue weighted by atomic mass is 35.5. The van der Waals surface area contributed by atoms with E-state index in [1.54, 1.807) is 22.8 Å². The van der Waals surface area contributed by atoms with E-state index in [1.807, 2.05) is 31.2 Å². The summed E-state index contributed by atoms with van der Waals surface area (Å²) < 4.78 is 1.63. The zero-order valence-corrected chi connectivity index (χ0v) is 20.0. The van der Waals surface area contributed by atoms with Crippen LogP contribution >= 0.6 is 11.6 Å². The number of rotatable bonds is 9. The highest BCUT2D eigenvalue weighted by Gasteiger charge is 2.20. The van der Waals surface area contributed by atoms with Crippen molar-refractivity contribution in [3.63, 3.8) is 0 Å². The van der Waals surface area contributed by atoms with Gasteiger partial charge in [-0.1, -0.05) is 48.0 Å². The van der Waals surface area contributed by atoms with Gasteiger partial charge in [-0.15, -0.1) is 0 Å². The van der Waals surface area contributed by atoms with Gasteiger partial charge in [0.05, 0.1) is 22.0 Å². The number of nitrogens with two attached hydrogens (primary N) is 1. The van der Waals surface area contributed by atoms with E-state index in [0.29, 0.717) is 41.3 Å². The molecule has 1 atom stereocenters. The summed E-state index contributed by atoms with van der Waals surface area (Å²) in [5.74, 6) is 0.871. The molecule has 0 saturated carbocycles. The van der Waals surface area contributed by atoms with Crippen molar-refractivity contribution in [1.82, 2.24) is 24.8 Å². The molecule has 0 aliphatic rings. The third-order valence-corrected chi connectivity index (χ3v) is 5.91. The molecule has 0 radical (unpaired) electrons. The first-order valence-corrected chi connectivity index (χ1v) is 11.6. The van der Waals surface area contributed by atoms with Gasteiger partial charge in [0.15, 0.2) is 0 Å². The Bertz CT molecular complexity index is 1430. The largest absolute Gasteiger partial charge is 0.382 e. The first-order chi connectivity index (χ1) is 17.0. The molecule has 10 heteroatoms. The normalized spacial score (nSPS) is 11.8. The van der Waals surface area contributed by atoms with Gasteiger partial charge in [0.2, 0.25) is 0 Å². The second-order valence-electron chi connectivity index (χ2n) is 8.04. The van der Waals surface area contributed by atoms with Crippen molar-refractivity contribution >= 4 is 34.1 Å². The van der Waals surface area contributed by atoms with Crippen molar-refractivity contribution in [3.05, 3.63) is 87.2 Å². The van der Waals surface area contributed by atoms with Crippen LogP contribution < -0.4 is 21.9 Å². The van der Waals surface area contributed by atoms with E-state index >= 15 is 0 Å². The fourth-order valence-corrected chi connectivity index (χ4v) is 4.12. The van der Waals surface area contributed by atoms with Gasteiger partial charge in [0, 0.05) is 13.1 Å². The predicted octanol–water partition coefficient (Wildman–Crippen LogP) is 3.65. The topological polar surface area (TPSA) is 135 Å². The van der Waals surface area contributed by atoms with Gasteiger partial charge in [0.25, 0.3) is 5.56 Å². The van der Waals surface area contributed by atoms with Crippen molar-refractivity contribution in [1.29, 1.82) is 5.26 Å². The number of nitrogens with one attached hydrogen (secondary N) is 2. The van der Waals surface area contributed by atoms with E-state index in [1.165, 1.54) is 11.9 Å². The molecular weight excluding hydrogens is 464 g/mol. The predicted molar refractivity (Wildman–Crippen MR) is 137 cm³/mol. The Balaban J connectivity index is 1.60. The summed E-state index contributed by atoms with van der Waals surface area (Å²) in [5, 5.41) is 16.8. The molecule has 0 spiro atoms. The van der Waals surface area contributed by atoms with Crippen molar-refractivity contribution in [3.8, 4) is 6.07 Å². The molecular formula is C25H25ClN8O. The summed E-state index contributed by atoms with van der Waals surface area (Å²) in [6, 6.07) is 16.9. The number of nitriles is 1. The van der Waals surface area contributed by atoms with Gasteiger partial charge >= 0.3 is 0 Å². The SMILES string of the molecule is C[C@H](Nc1ncnc(N)c1C#N)c1nc2cccc(Cl)c2c(=O)n1CCCNCc1ccccc1. The first-order valence-electron chi connectivity index (χ1n) is 11.2. The number of halogens is 1. The van der Waals surface area contributed by atoms with Gasteiger partial charge in [0.1, 0.15) is 35.4 Å². The Morgan fingerprint density at radius 1 is 1.17 bits per heavy atom. The van der Waals surface area contributed by atoms with Crippen molar-refractivity contribution < 1.29 is 0 Å². The van der Waals surface area contributed by atoms with Gasteiger partial charge in [-0.3, -0.25) is 9.36 Å². The third kappa shape index (κ3) is 5.40. The number of aromatic nitrogens is 4. The molecule has 35 heavy (non-hydrogen) atoms. The van der Waals surface area contributed by atoms with Gasteiger partial charge in [-0.05, 0) is 37.6 Å². The highest BCUT2D eigenvalue weighted by molar-refractivity contribution is 6.35. The molecule has 4 rings (SSSR count). The number of fused-ring (bicyclic) bond motifs is 1. The fourth-order valence-electron chi connectivity index (χ4n) is 3.87. The van der Waals surface area contributed by atoms with Crippen LogP contribution in [-0.4, -0.2) is 26.1 Å². The van der Waals surface area contributed by atoms with Crippen LogP contribution in [0.3, 0.4) is 0 Å². The average Bonchev–Trinajstić information content (AvgIpc) is 2.85. The standard InChI is InChI=1S/C25H25ClN8O/c1-16(32-23-18(13-27)22(28)30-15-31-23)24-33-20-10-5-9-19(26)21(20)25(35)34(24)12-6-11-29-14-17-7-3-2-4-8-17/h2-5,7-10,15-16,29H,6,11-12,14H2,1H3,(H3,28,30,31,32)/t16-/m0/s1. The zero-order valence-electron chi connectivity index (χ0n) is 19.2. The van der Waals surface area contributed by atoms with Crippen LogP contribution in [0.5, 0.6) is 0 Å². The fraction of sp³-hybridized carbons (Fsp3) is 0.240. The summed E-state index contributed by atoms with van der Waals surface area (Å²) in [5.41, 5.74) is 7.45. The Labute approximate surface area is 207 Å². The maximum absolute atomic E-state index is 13.5. The van der Waals surface area contributed by atoms with E-state index < -0.39 is 6.04 Å². The van der Waals surface area contributed by atoms with Crippen LogP contribution in [0.2, 0.25) is 5.02 Å². The minimum atomic E-state index is -0.454. The molecule has 0 unspecified atom stereocenters. The molecule has 2 aromatic heterocycles. The molecule has 0 fully saturated rings. The molecule has 0 amide bonds. The zero-order chi connectivity index (χ0) is 24.8. The molecule has 0 saturated heterocycles. The number of hydrogen-bond donors (Lipinski definition) is 3. The Morgan fingerprint density at radius 2 is 1.97 bits per heavy atom. The van der Waals surface area contributed by atoms with Crippen LogP contribution in [0.15, 0.2) is 59.7 Å². The van der Waals surface area contributed by atoms with Gasteiger partial charge < -0.3 is 16.4 Å². The maximum Gasteiger partial charge on any atom is 0.262 e. The Kier molecular flexibility index (Phi) is 7.55. The van der Waals surface area contributed by atoms with E-state index in [-0.39, 0.29) is 22.8 Å². The second-order valence-corrected chi connectivity index (χ2v) is 8.44. The minimum Gasteiger partial charge on any atom is -0.382 e. The summed E-state index contributed by atoms with van der Waals surface area (Å²) in [6.45, 7) is 3.74. The van der Waals surface area contributed by atoms with Crippen LogP contribution in [0.25, 0.3) is 10.9 Å². The molecule has 178 valence electrons. The number of benzene rings is 2. The molecule has 0 aliphatic carbocycles. The van der Waals surface area contributed by atoms with Crippen molar-refractivity contribution in [2.75, 3.05) is 17.6 Å². The smallest absolute Gasteiger partial charge is 0.262 e. The van der Waals surface area contributed by atoms with Crippen LogP contribution in [-0.2, 0) is 13.1 Å². The average molecular weight is 489 g/mol. The lowest BCUT2D eigenvalue weighted by molar-refractivity contribution is 0.537. The minimum absolute atomic E-state index is 0.0809. The van der Waals surface area contributed by atoms with Crippen LogP contribution in [0.4, 0.5) is 11.6 Å². The van der Waals surface area contributed by atoms with Crippen molar-refractivity contribution in [2.45, 2.75) is 32.5 Å². The van der Waals surface area contributed by atoms with E-state index in [4.69, 9.17) is 22.3 Å². The summed E-state index contributed by atoms with van der Waals surface area (Å²) in [7, 11) is 0. The number of nitrogen functional groups attached to an aromatic ring is 1. The molecule has 4 N–H and O–H groups in total. The number of hydrogen-bond acceptors (Lipinski definition) is 8. The monoisotopic (exact) mass is 488 g/mol. The number of anilines is 2. The maximum atomic E-state index is 13.5. The highest BCUT2D eigenvalue weighted by Crippen LogP contribution is 2.24. The first kappa shape index (κ1) is 24.1. The summed E-state index contributed by atoms with van der Waals surface area (Å²) >= 11 is 6.36. The molecule has 0 bridgehead atoms. The Morgan fingerprint density at radius 3 is 2.74 bits per heavy atom. The quantitative estimate of drug-likeness (QED) is 0.304. The second kappa shape index (κ2) is 11.0. The van der Waals surface area contributed by atoms with E-state index in [2.05, 4.69) is 32.7 Å². The van der Waals surface area contributed by atoms with Crippen LogP contribution in [0, 0.1) is 11.3 Å². The van der Waals surface area contributed by atoms with Gasteiger partial charge in [-0.25, -0.2) is 15.0 Å².